The molecule has 1 atom stereocenters. The Hall–Kier alpha value is -0.860. The number of ether oxygens (including phenoxy) is 1. The fraction of sp³-hybridized carbons (Fsp3) is 0.600. The van der Waals surface area contributed by atoms with Gasteiger partial charge in [-0.2, -0.15) is 0 Å². The van der Waals surface area contributed by atoms with Gasteiger partial charge in [-0.15, -0.1) is 0 Å². The molecular weight excluding hydrogens is 210 g/mol. The van der Waals surface area contributed by atoms with Crippen molar-refractivity contribution in [2.45, 2.75) is 39.2 Å². The highest BCUT2D eigenvalue weighted by Gasteiger charge is 2.20. The van der Waals surface area contributed by atoms with Crippen LogP contribution in [-0.4, -0.2) is 25.8 Å². The summed E-state index contributed by atoms with van der Waals surface area (Å²) in [5.41, 5.74) is 1.53. The predicted molar refractivity (Wildman–Crippen MR) is 73.4 cm³/mol. The third-order valence-electron chi connectivity index (χ3n) is 3.02. The lowest BCUT2D eigenvalue weighted by molar-refractivity contribution is 0.125. The highest BCUT2D eigenvalue weighted by molar-refractivity contribution is 5.23. The topological polar surface area (TPSA) is 21.3 Å². The average molecular weight is 235 g/mol. The molecule has 1 unspecified atom stereocenters. The SMILES string of the molecule is CCOCC(C)NCC(C)(C)c1ccccc1. The van der Waals surface area contributed by atoms with Gasteiger partial charge in [0.05, 0.1) is 6.61 Å². The van der Waals surface area contributed by atoms with Crippen molar-refractivity contribution in [1.29, 1.82) is 0 Å². The minimum absolute atomic E-state index is 0.154. The fourth-order valence-electron chi connectivity index (χ4n) is 1.77. The van der Waals surface area contributed by atoms with Crippen molar-refractivity contribution < 1.29 is 4.74 Å². The van der Waals surface area contributed by atoms with E-state index in [0.29, 0.717) is 6.04 Å². The van der Waals surface area contributed by atoms with E-state index < -0.39 is 0 Å². The Kier molecular flexibility index (Phi) is 5.66. The summed E-state index contributed by atoms with van der Waals surface area (Å²) in [5, 5.41) is 3.53. The van der Waals surface area contributed by atoms with Crippen molar-refractivity contribution >= 4 is 0 Å². The summed E-state index contributed by atoms with van der Waals surface area (Å²) in [5.74, 6) is 0. The molecule has 2 nitrogen and oxygen atoms in total. The predicted octanol–water partition coefficient (Wildman–Crippen LogP) is 2.98. The van der Waals surface area contributed by atoms with Crippen molar-refractivity contribution in [3.05, 3.63) is 35.9 Å². The van der Waals surface area contributed by atoms with Crippen LogP contribution in [0, 0.1) is 0 Å². The molecule has 1 aromatic rings. The van der Waals surface area contributed by atoms with Crippen LogP contribution in [0.4, 0.5) is 0 Å². The fourth-order valence-corrected chi connectivity index (χ4v) is 1.77. The van der Waals surface area contributed by atoms with E-state index in [1.807, 2.05) is 6.92 Å². The minimum Gasteiger partial charge on any atom is -0.380 e. The first-order chi connectivity index (χ1) is 8.06. The van der Waals surface area contributed by atoms with Crippen LogP contribution in [0.5, 0.6) is 0 Å². The van der Waals surface area contributed by atoms with Crippen LogP contribution in [0.25, 0.3) is 0 Å². The molecule has 0 heterocycles. The minimum atomic E-state index is 0.154. The number of benzene rings is 1. The maximum absolute atomic E-state index is 5.40. The summed E-state index contributed by atoms with van der Waals surface area (Å²) in [6.45, 7) is 11.3. The van der Waals surface area contributed by atoms with Gasteiger partial charge in [0.15, 0.2) is 0 Å². The Labute approximate surface area is 105 Å². The second kappa shape index (κ2) is 6.77. The van der Waals surface area contributed by atoms with Crippen LogP contribution < -0.4 is 5.32 Å². The standard InChI is InChI=1S/C15H25NO/c1-5-17-11-13(2)16-12-15(3,4)14-9-7-6-8-10-14/h6-10,13,16H,5,11-12H2,1-4H3. The van der Waals surface area contributed by atoms with Crippen LogP contribution in [0.3, 0.4) is 0 Å². The molecule has 0 saturated carbocycles. The normalized spacial score (nSPS) is 13.6. The molecule has 0 amide bonds. The van der Waals surface area contributed by atoms with Crippen molar-refractivity contribution in [3.8, 4) is 0 Å². The van der Waals surface area contributed by atoms with Gasteiger partial charge in [0, 0.05) is 24.6 Å². The maximum Gasteiger partial charge on any atom is 0.0616 e. The number of nitrogens with one attached hydrogen (secondary N) is 1. The Morgan fingerprint density at radius 3 is 2.47 bits per heavy atom. The Morgan fingerprint density at radius 2 is 1.88 bits per heavy atom. The molecule has 1 aromatic carbocycles. The molecule has 0 spiro atoms. The van der Waals surface area contributed by atoms with Gasteiger partial charge < -0.3 is 10.1 Å². The summed E-state index contributed by atoms with van der Waals surface area (Å²) in [6.07, 6.45) is 0. The van der Waals surface area contributed by atoms with Gasteiger partial charge in [-0.1, -0.05) is 44.2 Å². The first kappa shape index (κ1) is 14.2. The molecular formula is C15H25NO. The zero-order chi connectivity index (χ0) is 12.7. The summed E-state index contributed by atoms with van der Waals surface area (Å²) in [4.78, 5) is 0. The van der Waals surface area contributed by atoms with Crippen molar-refractivity contribution in [3.63, 3.8) is 0 Å². The first-order valence-corrected chi connectivity index (χ1v) is 6.43. The van der Waals surface area contributed by atoms with Gasteiger partial charge in [-0.25, -0.2) is 0 Å². The molecule has 0 aromatic heterocycles. The second-order valence-corrected chi connectivity index (χ2v) is 5.19. The second-order valence-electron chi connectivity index (χ2n) is 5.19. The Morgan fingerprint density at radius 1 is 1.24 bits per heavy atom. The molecule has 0 aliphatic carbocycles. The van der Waals surface area contributed by atoms with E-state index in [-0.39, 0.29) is 5.41 Å². The molecule has 0 bridgehead atoms. The zero-order valence-corrected chi connectivity index (χ0v) is 11.5. The van der Waals surface area contributed by atoms with E-state index >= 15 is 0 Å². The number of hydrogen-bond acceptors (Lipinski definition) is 2. The van der Waals surface area contributed by atoms with Gasteiger partial charge in [0.2, 0.25) is 0 Å². The van der Waals surface area contributed by atoms with Crippen LogP contribution >= 0.6 is 0 Å². The van der Waals surface area contributed by atoms with Gasteiger partial charge in [0.25, 0.3) is 0 Å². The van der Waals surface area contributed by atoms with Gasteiger partial charge >= 0.3 is 0 Å². The molecule has 0 radical (unpaired) electrons. The molecule has 2 heteroatoms. The molecule has 0 saturated heterocycles. The number of hydrogen-bond donors (Lipinski definition) is 1. The quantitative estimate of drug-likeness (QED) is 0.784. The molecule has 17 heavy (non-hydrogen) atoms. The van der Waals surface area contributed by atoms with Gasteiger partial charge in [-0.3, -0.25) is 0 Å². The maximum atomic E-state index is 5.40. The van der Waals surface area contributed by atoms with Crippen LogP contribution in [0.1, 0.15) is 33.3 Å². The molecule has 96 valence electrons. The van der Waals surface area contributed by atoms with Crippen LogP contribution in [0.2, 0.25) is 0 Å². The van der Waals surface area contributed by atoms with Crippen molar-refractivity contribution in [1.82, 2.24) is 5.32 Å². The number of rotatable bonds is 7. The third kappa shape index (κ3) is 4.88. The van der Waals surface area contributed by atoms with E-state index in [0.717, 1.165) is 19.8 Å². The lowest BCUT2D eigenvalue weighted by Gasteiger charge is -2.27. The summed E-state index contributed by atoms with van der Waals surface area (Å²) >= 11 is 0. The first-order valence-electron chi connectivity index (χ1n) is 6.43. The Balaban J connectivity index is 2.45. The monoisotopic (exact) mass is 235 g/mol. The molecule has 0 aliphatic heterocycles. The molecule has 0 aliphatic rings. The highest BCUT2D eigenvalue weighted by Crippen LogP contribution is 2.21. The summed E-state index contributed by atoms with van der Waals surface area (Å²) in [6, 6.07) is 11.0. The zero-order valence-electron chi connectivity index (χ0n) is 11.5. The Bertz CT molecular complexity index is 308. The smallest absolute Gasteiger partial charge is 0.0616 e. The van der Waals surface area contributed by atoms with E-state index in [1.54, 1.807) is 0 Å². The van der Waals surface area contributed by atoms with Gasteiger partial charge in [0.1, 0.15) is 0 Å². The third-order valence-corrected chi connectivity index (χ3v) is 3.02. The lowest BCUT2D eigenvalue weighted by Crippen LogP contribution is -2.40. The van der Waals surface area contributed by atoms with E-state index in [1.165, 1.54) is 5.56 Å². The molecule has 1 rings (SSSR count). The van der Waals surface area contributed by atoms with E-state index in [9.17, 15) is 0 Å². The van der Waals surface area contributed by atoms with Gasteiger partial charge in [-0.05, 0) is 19.4 Å². The largest absolute Gasteiger partial charge is 0.380 e. The molecule has 0 fully saturated rings. The van der Waals surface area contributed by atoms with Crippen LogP contribution in [-0.2, 0) is 10.2 Å². The highest BCUT2D eigenvalue weighted by atomic mass is 16.5. The molecule has 1 N–H and O–H groups in total. The summed E-state index contributed by atoms with van der Waals surface area (Å²) in [7, 11) is 0. The average Bonchev–Trinajstić information content (AvgIpc) is 2.35. The van der Waals surface area contributed by atoms with E-state index in [4.69, 9.17) is 4.74 Å². The van der Waals surface area contributed by atoms with Crippen molar-refractivity contribution in [2.75, 3.05) is 19.8 Å². The lowest BCUT2D eigenvalue weighted by atomic mass is 9.84. The summed E-state index contributed by atoms with van der Waals surface area (Å²) < 4.78 is 5.40. The van der Waals surface area contributed by atoms with Crippen molar-refractivity contribution in [2.24, 2.45) is 0 Å². The van der Waals surface area contributed by atoms with Crippen LogP contribution in [0.15, 0.2) is 30.3 Å². The van der Waals surface area contributed by atoms with E-state index in [2.05, 4.69) is 56.4 Å².